The highest BCUT2D eigenvalue weighted by molar-refractivity contribution is 5.99. The lowest BCUT2D eigenvalue weighted by Crippen LogP contribution is -2.32. The lowest BCUT2D eigenvalue weighted by atomic mass is 10.1. The Morgan fingerprint density at radius 1 is 1.03 bits per heavy atom. The average Bonchev–Trinajstić information content (AvgIpc) is 3.10. The largest absolute Gasteiger partial charge is 0.343 e. The molecule has 2 N–H and O–H groups in total. The van der Waals surface area contributed by atoms with Crippen LogP contribution in [-0.4, -0.2) is 32.7 Å². The molecule has 0 spiro atoms. The summed E-state index contributed by atoms with van der Waals surface area (Å²) in [5.41, 5.74) is 3.78. The van der Waals surface area contributed by atoms with E-state index in [-0.39, 0.29) is 18.4 Å². The van der Waals surface area contributed by atoms with Crippen LogP contribution in [0, 0.1) is 6.92 Å². The number of benzene rings is 2. The van der Waals surface area contributed by atoms with Crippen molar-refractivity contribution in [3.05, 3.63) is 84.3 Å². The molecule has 2 aromatic heterocycles. The van der Waals surface area contributed by atoms with Gasteiger partial charge in [0.15, 0.2) is 0 Å². The summed E-state index contributed by atoms with van der Waals surface area (Å²) < 4.78 is 1.92. The number of hydrogen-bond acceptors (Lipinski definition) is 4. The van der Waals surface area contributed by atoms with Crippen molar-refractivity contribution in [3.8, 4) is 11.3 Å². The number of hydrogen-bond donors (Lipinski definition) is 2. The zero-order chi connectivity index (χ0) is 20.2. The smallest absolute Gasteiger partial charge is 0.251 e. The maximum Gasteiger partial charge on any atom is 0.251 e. The normalized spacial score (nSPS) is 10.7. The number of nitrogens with zero attached hydrogens (tertiary/aromatic N) is 3. The van der Waals surface area contributed by atoms with Crippen molar-refractivity contribution in [2.75, 3.05) is 11.9 Å². The summed E-state index contributed by atoms with van der Waals surface area (Å²) in [4.78, 5) is 33.1. The van der Waals surface area contributed by atoms with Crippen molar-refractivity contribution in [1.82, 2.24) is 19.7 Å². The summed E-state index contributed by atoms with van der Waals surface area (Å²) in [7, 11) is 0. The predicted octanol–water partition coefficient (Wildman–Crippen LogP) is 3.07. The quantitative estimate of drug-likeness (QED) is 0.553. The second kappa shape index (κ2) is 7.93. The topological polar surface area (TPSA) is 88.4 Å². The Bertz CT molecular complexity index is 1180. The number of aromatic nitrogens is 3. The second-order valence-electron chi connectivity index (χ2n) is 6.51. The molecule has 0 bridgehead atoms. The molecule has 7 heteroatoms. The highest BCUT2D eigenvalue weighted by Crippen LogP contribution is 2.25. The van der Waals surface area contributed by atoms with E-state index in [0.29, 0.717) is 17.0 Å². The fourth-order valence-electron chi connectivity index (χ4n) is 3.08. The lowest BCUT2D eigenvalue weighted by molar-refractivity contribution is -0.115. The van der Waals surface area contributed by atoms with Gasteiger partial charge in [0, 0.05) is 34.9 Å². The van der Waals surface area contributed by atoms with Gasteiger partial charge in [0.2, 0.25) is 11.7 Å². The Balaban J connectivity index is 1.45. The molecule has 0 radical (unpaired) electrons. The van der Waals surface area contributed by atoms with Gasteiger partial charge in [-0.05, 0) is 37.3 Å². The van der Waals surface area contributed by atoms with Crippen molar-refractivity contribution in [2.45, 2.75) is 6.92 Å². The van der Waals surface area contributed by atoms with E-state index in [1.165, 1.54) is 0 Å². The van der Waals surface area contributed by atoms with Crippen molar-refractivity contribution in [3.63, 3.8) is 0 Å². The molecule has 0 aliphatic carbocycles. The van der Waals surface area contributed by atoms with Gasteiger partial charge in [0.25, 0.3) is 5.91 Å². The standard InChI is InChI=1S/C22H19N5O2/c1-15-20(26-22-23-11-6-12-27(15)22)17-9-5-10-18(13-17)25-19(28)14-24-21(29)16-7-3-2-4-8-16/h2-13H,14H2,1H3,(H,24,29)(H,25,28). The first kappa shape index (κ1) is 18.4. The summed E-state index contributed by atoms with van der Waals surface area (Å²) in [6, 6.07) is 18.1. The molecule has 7 nitrogen and oxygen atoms in total. The van der Waals surface area contributed by atoms with Crippen molar-refractivity contribution >= 4 is 23.3 Å². The van der Waals surface area contributed by atoms with Crippen LogP contribution >= 0.6 is 0 Å². The third-order valence-electron chi connectivity index (χ3n) is 4.51. The van der Waals surface area contributed by atoms with Gasteiger partial charge in [-0.15, -0.1) is 0 Å². The van der Waals surface area contributed by atoms with E-state index in [1.807, 2.05) is 47.9 Å². The Labute approximate surface area is 167 Å². The Hall–Kier alpha value is -4.00. The molecular formula is C22H19N5O2. The number of rotatable bonds is 5. The summed E-state index contributed by atoms with van der Waals surface area (Å²) in [6.07, 6.45) is 3.61. The average molecular weight is 385 g/mol. The van der Waals surface area contributed by atoms with Gasteiger partial charge in [-0.2, -0.15) is 0 Å². The number of fused-ring (bicyclic) bond motifs is 1. The molecule has 0 aliphatic rings. The van der Waals surface area contributed by atoms with E-state index >= 15 is 0 Å². The highest BCUT2D eigenvalue weighted by atomic mass is 16.2. The van der Waals surface area contributed by atoms with Crippen LogP contribution < -0.4 is 10.6 Å². The van der Waals surface area contributed by atoms with Gasteiger partial charge in [-0.3, -0.25) is 14.0 Å². The number of amides is 2. The van der Waals surface area contributed by atoms with Gasteiger partial charge in [-0.1, -0.05) is 30.3 Å². The zero-order valence-electron chi connectivity index (χ0n) is 15.8. The lowest BCUT2D eigenvalue weighted by Gasteiger charge is -2.08. The zero-order valence-corrected chi connectivity index (χ0v) is 15.8. The third-order valence-corrected chi connectivity index (χ3v) is 4.51. The maximum atomic E-state index is 12.2. The minimum atomic E-state index is -0.306. The molecule has 0 saturated carbocycles. The minimum absolute atomic E-state index is 0.116. The number of imidazole rings is 1. The van der Waals surface area contributed by atoms with Gasteiger partial charge >= 0.3 is 0 Å². The van der Waals surface area contributed by atoms with E-state index in [0.717, 1.165) is 17.0 Å². The molecule has 0 unspecified atom stereocenters. The van der Waals surface area contributed by atoms with E-state index < -0.39 is 0 Å². The van der Waals surface area contributed by atoms with Gasteiger partial charge < -0.3 is 10.6 Å². The molecule has 4 rings (SSSR count). The molecule has 0 fully saturated rings. The van der Waals surface area contributed by atoms with E-state index in [4.69, 9.17) is 0 Å². The van der Waals surface area contributed by atoms with Crippen molar-refractivity contribution in [1.29, 1.82) is 0 Å². The highest BCUT2D eigenvalue weighted by Gasteiger charge is 2.12. The first-order chi connectivity index (χ1) is 14.1. The summed E-state index contributed by atoms with van der Waals surface area (Å²) >= 11 is 0. The molecule has 144 valence electrons. The molecular weight excluding hydrogens is 366 g/mol. The number of nitrogens with one attached hydrogen (secondary N) is 2. The van der Waals surface area contributed by atoms with Crippen LogP contribution in [0.15, 0.2) is 73.1 Å². The summed E-state index contributed by atoms with van der Waals surface area (Å²) in [6.45, 7) is 1.86. The molecule has 0 aliphatic heterocycles. The van der Waals surface area contributed by atoms with Crippen LogP contribution in [0.4, 0.5) is 5.69 Å². The van der Waals surface area contributed by atoms with Gasteiger partial charge in [0.1, 0.15) is 0 Å². The fourth-order valence-corrected chi connectivity index (χ4v) is 3.08. The first-order valence-electron chi connectivity index (χ1n) is 9.15. The first-order valence-corrected chi connectivity index (χ1v) is 9.15. The third kappa shape index (κ3) is 3.98. The van der Waals surface area contributed by atoms with E-state index in [1.54, 1.807) is 36.5 Å². The summed E-state index contributed by atoms with van der Waals surface area (Å²) in [5, 5.41) is 5.43. The monoisotopic (exact) mass is 385 g/mol. The van der Waals surface area contributed by atoms with Crippen LogP contribution in [0.1, 0.15) is 16.1 Å². The molecule has 2 heterocycles. The number of carbonyl (C=O) groups is 2. The van der Waals surface area contributed by atoms with Crippen LogP contribution in [0.25, 0.3) is 17.0 Å². The molecule has 4 aromatic rings. The number of aryl methyl sites for hydroxylation is 1. The Morgan fingerprint density at radius 3 is 2.66 bits per heavy atom. The van der Waals surface area contributed by atoms with Crippen molar-refractivity contribution in [2.24, 2.45) is 0 Å². The van der Waals surface area contributed by atoms with E-state index in [9.17, 15) is 9.59 Å². The molecule has 2 aromatic carbocycles. The molecule has 0 saturated heterocycles. The Morgan fingerprint density at radius 2 is 1.86 bits per heavy atom. The Kier molecular flexibility index (Phi) is 5.03. The fraction of sp³-hybridized carbons (Fsp3) is 0.0909. The summed E-state index contributed by atoms with van der Waals surface area (Å²) in [5.74, 6) is 0.0280. The van der Waals surface area contributed by atoms with Crippen LogP contribution in [0.2, 0.25) is 0 Å². The predicted molar refractivity (Wildman–Crippen MR) is 111 cm³/mol. The number of carbonyl (C=O) groups excluding carboxylic acids is 2. The van der Waals surface area contributed by atoms with Crippen LogP contribution in [0.3, 0.4) is 0 Å². The molecule has 0 atom stereocenters. The minimum Gasteiger partial charge on any atom is -0.343 e. The van der Waals surface area contributed by atoms with Gasteiger partial charge in [0.05, 0.1) is 12.2 Å². The molecule has 29 heavy (non-hydrogen) atoms. The SMILES string of the molecule is Cc1c(-c2cccc(NC(=O)CNC(=O)c3ccccc3)c2)nc2ncccn12. The van der Waals surface area contributed by atoms with E-state index in [2.05, 4.69) is 20.6 Å². The van der Waals surface area contributed by atoms with Crippen LogP contribution in [-0.2, 0) is 4.79 Å². The number of anilines is 1. The molecule has 2 amide bonds. The van der Waals surface area contributed by atoms with Crippen molar-refractivity contribution < 1.29 is 9.59 Å². The maximum absolute atomic E-state index is 12.2. The van der Waals surface area contributed by atoms with Gasteiger partial charge in [-0.25, -0.2) is 9.97 Å². The second-order valence-corrected chi connectivity index (χ2v) is 6.51. The van der Waals surface area contributed by atoms with Crippen LogP contribution in [0.5, 0.6) is 0 Å².